The first-order chi connectivity index (χ1) is 16.2. The van der Waals surface area contributed by atoms with Gasteiger partial charge in [0.05, 0.1) is 5.69 Å². The quantitative estimate of drug-likeness (QED) is 0.665. The van der Waals surface area contributed by atoms with Gasteiger partial charge < -0.3 is 5.11 Å². The smallest absolute Gasteiger partial charge is 0.119 e. The van der Waals surface area contributed by atoms with E-state index in [9.17, 15) is 5.11 Å². The first-order valence-electron chi connectivity index (χ1n) is 12.8. The van der Waals surface area contributed by atoms with Crippen molar-refractivity contribution >= 4 is 11.9 Å². The van der Waals surface area contributed by atoms with Gasteiger partial charge in [-0.25, -0.2) is 0 Å². The fourth-order valence-electron chi connectivity index (χ4n) is 5.81. The van der Waals surface area contributed by atoms with Crippen molar-refractivity contribution in [1.29, 1.82) is 0 Å². The summed E-state index contributed by atoms with van der Waals surface area (Å²) in [6.07, 6.45) is 7.43. The molecule has 5 rings (SSSR count). The molecule has 3 aliphatic rings. The van der Waals surface area contributed by atoms with E-state index in [1.807, 2.05) is 18.3 Å². The highest BCUT2D eigenvalue weighted by Gasteiger charge is 2.26. The van der Waals surface area contributed by atoms with Gasteiger partial charge in [-0.2, -0.15) is 0 Å². The molecule has 1 N–H and O–H groups in total. The third-order valence-corrected chi connectivity index (χ3v) is 7.72. The Hall–Kier alpha value is -2.21. The number of nitrogens with zero attached hydrogens (tertiary/aromatic N) is 4. The maximum Gasteiger partial charge on any atom is 0.119 e. The second-order valence-electron chi connectivity index (χ2n) is 9.94. The van der Waals surface area contributed by atoms with Crippen LogP contribution in [0, 0.1) is 0 Å². The summed E-state index contributed by atoms with van der Waals surface area (Å²) in [5.41, 5.74) is 6.47. The SMILES string of the molecule is CCCN(CCN1CCN(Cc2ccc3c(c2)CC=N3)CC1)C1CCc2c(O)cccc2C1. The van der Waals surface area contributed by atoms with Crippen LogP contribution >= 0.6 is 0 Å². The number of hydrogen-bond donors (Lipinski definition) is 1. The summed E-state index contributed by atoms with van der Waals surface area (Å²) in [6, 6.07) is 13.4. The molecule has 0 aromatic heterocycles. The zero-order valence-electron chi connectivity index (χ0n) is 20.0. The highest BCUT2D eigenvalue weighted by Crippen LogP contribution is 2.31. The third kappa shape index (κ3) is 5.32. The number of phenols is 1. The number of phenolic OH excluding ortho intramolecular Hbond substituents is 1. The fourth-order valence-corrected chi connectivity index (χ4v) is 5.81. The highest BCUT2D eigenvalue weighted by molar-refractivity contribution is 5.75. The molecule has 0 saturated carbocycles. The predicted octanol–water partition coefficient (Wildman–Crippen LogP) is 4.04. The van der Waals surface area contributed by atoms with E-state index in [4.69, 9.17) is 0 Å². The molecule has 2 aliphatic heterocycles. The largest absolute Gasteiger partial charge is 0.508 e. The second kappa shape index (κ2) is 10.4. The van der Waals surface area contributed by atoms with Crippen LogP contribution in [0.4, 0.5) is 5.69 Å². The molecule has 0 bridgehead atoms. The monoisotopic (exact) mass is 446 g/mol. The van der Waals surface area contributed by atoms with E-state index in [1.165, 1.54) is 35.2 Å². The van der Waals surface area contributed by atoms with Crippen LogP contribution < -0.4 is 0 Å². The van der Waals surface area contributed by atoms with E-state index >= 15 is 0 Å². The number of hydrogen-bond acceptors (Lipinski definition) is 5. The normalized spacial score (nSPS) is 20.8. The second-order valence-corrected chi connectivity index (χ2v) is 9.94. The van der Waals surface area contributed by atoms with Crippen molar-refractivity contribution in [1.82, 2.24) is 14.7 Å². The van der Waals surface area contributed by atoms with E-state index in [-0.39, 0.29) is 0 Å². The van der Waals surface area contributed by atoms with Gasteiger partial charge in [0.2, 0.25) is 0 Å². The first-order valence-corrected chi connectivity index (χ1v) is 12.8. The summed E-state index contributed by atoms with van der Waals surface area (Å²) >= 11 is 0. The lowest BCUT2D eigenvalue weighted by Gasteiger charge is -2.39. The van der Waals surface area contributed by atoms with Crippen LogP contribution in [0.3, 0.4) is 0 Å². The minimum atomic E-state index is 0.485. The Kier molecular flexibility index (Phi) is 7.10. The number of benzene rings is 2. The van der Waals surface area contributed by atoms with Crippen LogP contribution in [-0.4, -0.2) is 77.9 Å². The van der Waals surface area contributed by atoms with E-state index in [0.717, 1.165) is 77.2 Å². The lowest BCUT2D eigenvalue weighted by molar-refractivity contribution is 0.100. The molecular formula is C28H38N4O. The Morgan fingerprint density at radius 2 is 1.88 bits per heavy atom. The summed E-state index contributed by atoms with van der Waals surface area (Å²) in [6.45, 7) is 11.4. The van der Waals surface area contributed by atoms with Crippen LogP contribution in [0.5, 0.6) is 5.75 Å². The number of fused-ring (bicyclic) bond motifs is 2. The minimum absolute atomic E-state index is 0.485. The standard InChI is InChI=1S/C28H38N4O/c1-2-12-32(25-7-8-26-23(20-25)4-3-5-28(26)33)18-17-30-13-15-31(16-14-30)21-22-6-9-27-24(19-22)10-11-29-27/h3-6,9,11,19,25,33H,2,7-8,10,12-18,20-21H2,1H3. The Labute approximate surface area is 198 Å². The maximum absolute atomic E-state index is 10.2. The lowest BCUT2D eigenvalue weighted by atomic mass is 9.87. The summed E-state index contributed by atoms with van der Waals surface area (Å²) in [4.78, 5) is 12.4. The molecule has 5 nitrogen and oxygen atoms in total. The van der Waals surface area contributed by atoms with Crippen molar-refractivity contribution in [3.05, 3.63) is 58.7 Å². The summed E-state index contributed by atoms with van der Waals surface area (Å²) in [5.74, 6) is 0.485. The Morgan fingerprint density at radius 3 is 2.73 bits per heavy atom. The molecule has 1 fully saturated rings. The number of aromatic hydroxyl groups is 1. The topological polar surface area (TPSA) is 42.3 Å². The molecule has 5 heteroatoms. The van der Waals surface area contributed by atoms with Gasteiger partial charge in [-0.1, -0.05) is 31.2 Å². The lowest BCUT2D eigenvalue weighted by Crippen LogP contribution is -2.49. The molecule has 0 radical (unpaired) electrons. The van der Waals surface area contributed by atoms with Gasteiger partial charge in [0.15, 0.2) is 0 Å². The first kappa shape index (κ1) is 22.6. The van der Waals surface area contributed by atoms with Crippen LogP contribution in [0.2, 0.25) is 0 Å². The average molecular weight is 447 g/mol. The molecule has 1 unspecified atom stereocenters. The molecule has 176 valence electrons. The zero-order chi connectivity index (χ0) is 22.6. The van der Waals surface area contributed by atoms with E-state index in [2.05, 4.69) is 50.9 Å². The molecular weight excluding hydrogens is 408 g/mol. The predicted molar refractivity (Wildman–Crippen MR) is 136 cm³/mol. The summed E-state index contributed by atoms with van der Waals surface area (Å²) in [7, 11) is 0. The summed E-state index contributed by atoms with van der Waals surface area (Å²) in [5, 5.41) is 10.2. The van der Waals surface area contributed by atoms with Gasteiger partial charge >= 0.3 is 0 Å². The van der Waals surface area contributed by atoms with Crippen molar-refractivity contribution < 1.29 is 5.11 Å². The zero-order valence-corrected chi connectivity index (χ0v) is 20.0. The fraction of sp³-hybridized carbons (Fsp3) is 0.536. The van der Waals surface area contributed by atoms with Gasteiger partial charge in [0.25, 0.3) is 0 Å². The van der Waals surface area contributed by atoms with E-state index in [0.29, 0.717) is 11.8 Å². The number of aliphatic imine (C=N–C) groups is 1. The van der Waals surface area contributed by atoms with Gasteiger partial charge in [0, 0.05) is 64.5 Å². The highest BCUT2D eigenvalue weighted by atomic mass is 16.3. The van der Waals surface area contributed by atoms with Crippen LogP contribution in [0.25, 0.3) is 0 Å². The Balaban J connectivity index is 1.10. The molecule has 1 saturated heterocycles. The van der Waals surface area contributed by atoms with Crippen molar-refractivity contribution in [2.75, 3.05) is 45.8 Å². The molecule has 2 heterocycles. The molecule has 1 atom stereocenters. The maximum atomic E-state index is 10.2. The Bertz CT molecular complexity index is 980. The van der Waals surface area contributed by atoms with Gasteiger partial charge in [-0.15, -0.1) is 0 Å². The number of piperazine rings is 1. The van der Waals surface area contributed by atoms with Crippen molar-refractivity contribution in [3.63, 3.8) is 0 Å². The van der Waals surface area contributed by atoms with Crippen molar-refractivity contribution in [2.45, 2.75) is 51.6 Å². The number of rotatable bonds is 8. The van der Waals surface area contributed by atoms with Crippen LogP contribution in [-0.2, 0) is 25.8 Å². The Morgan fingerprint density at radius 1 is 1.03 bits per heavy atom. The van der Waals surface area contributed by atoms with Crippen LogP contribution in [0.15, 0.2) is 41.4 Å². The minimum Gasteiger partial charge on any atom is -0.508 e. The van der Waals surface area contributed by atoms with Crippen molar-refractivity contribution in [2.24, 2.45) is 4.99 Å². The average Bonchev–Trinajstić information content (AvgIpc) is 3.31. The van der Waals surface area contributed by atoms with E-state index < -0.39 is 0 Å². The van der Waals surface area contributed by atoms with Crippen LogP contribution in [0.1, 0.15) is 42.0 Å². The molecule has 0 spiro atoms. The van der Waals surface area contributed by atoms with Gasteiger partial charge in [-0.05, 0) is 66.6 Å². The molecule has 0 amide bonds. The molecule has 33 heavy (non-hydrogen) atoms. The van der Waals surface area contributed by atoms with Crippen molar-refractivity contribution in [3.8, 4) is 5.75 Å². The van der Waals surface area contributed by atoms with Gasteiger partial charge in [-0.3, -0.25) is 19.7 Å². The molecule has 2 aromatic rings. The summed E-state index contributed by atoms with van der Waals surface area (Å²) < 4.78 is 0. The third-order valence-electron chi connectivity index (χ3n) is 7.72. The molecule has 1 aliphatic carbocycles. The van der Waals surface area contributed by atoms with Gasteiger partial charge in [0.1, 0.15) is 5.75 Å². The van der Waals surface area contributed by atoms with E-state index in [1.54, 1.807) is 0 Å². The molecule has 2 aromatic carbocycles.